The third kappa shape index (κ3) is 1.82. The molecule has 1 heterocycles. The van der Waals surface area contributed by atoms with Gasteiger partial charge in [0.05, 0.1) is 5.71 Å². The van der Waals surface area contributed by atoms with E-state index in [4.69, 9.17) is 4.74 Å². The first-order valence-electron chi connectivity index (χ1n) is 3.99. The molecule has 0 saturated heterocycles. The summed E-state index contributed by atoms with van der Waals surface area (Å²) in [7, 11) is 0. The van der Waals surface area contributed by atoms with Crippen molar-refractivity contribution in [3.8, 4) is 0 Å². The molecule has 0 aromatic carbocycles. The first kappa shape index (κ1) is 8.31. The molecule has 1 aliphatic heterocycles. The Kier molecular flexibility index (Phi) is 2.32. The third-order valence-electron chi connectivity index (χ3n) is 1.70. The van der Waals surface area contributed by atoms with Crippen LogP contribution >= 0.6 is 0 Å². The van der Waals surface area contributed by atoms with Crippen molar-refractivity contribution in [2.45, 2.75) is 27.7 Å². The Morgan fingerprint density at radius 2 is 2.09 bits per heavy atom. The molecule has 0 atom stereocenters. The van der Waals surface area contributed by atoms with Gasteiger partial charge in [-0.25, -0.2) is 4.99 Å². The highest BCUT2D eigenvalue weighted by Crippen LogP contribution is 2.16. The first-order valence-corrected chi connectivity index (χ1v) is 3.99. The van der Waals surface area contributed by atoms with Gasteiger partial charge in [-0.2, -0.15) is 0 Å². The van der Waals surface area contributed by atoms with Crippen molar-refractivity contribution < 1.29 is 4.74 Å². The van der Waals surface area contributed by atoms with Crippen LogP contribution in [0.4, 0.5) is 0 Å². The second-order valence-corrected chi connectivity index (χ2v) is 3.35. The summed E-state index contributed by atoms with van der Waals surface area (Å²) >= 11 is 0. The van der Waals surface area contributed by atoms with E-state index in [-0.39, 0.29) is 0 Å². The molecule has 0 aromatic rings. The van der Waals surface area contributed by atoms with Crippen molar-refractivity contribution in [1.29, 1.82) is 0 Å². The van der Waals surface area contributed by atoms with Crippen molar-refractivity contribution >= 4 is 5.71 Å². The Morgan fingerprint density at radius 1 is 1.45 bits per heavy atom. The third-order valence-corrected chi connectivity index (χ3v) is 1.70. The molecule has 1 aliphatic rings. The van der Waals surface area contributed by atoms with Crippen LogP contribution in [0.15, 0.2) is 16.4 Å². The molecule has 0 aromatic heterocycles. The van der Waals surface area contributed by atoms with Gasteiger partial charge in [0.25, 0.3) is 0 Å². The number of hydrogen-bond acceptors (Lipinski definition) is 2. The van der Waals surface area contributed by atoms with Crippen molar-refractivity contribution in [2.75, 3.05) is 6.61 Å². The van der Waals surface area contributed by atoms with Gasteiger partial charge in [-0.15, -0.1) is 0 Å². The lowest BCUT2D eigenvalue weighted by atomic mass is 10.1. The summed E-state index contributed by atoms with van der Waals surface area (Å²) in [5.74, 6) is 1.32. The van der Waals surface area contributed by atoms with E-state index >= 15 is 0 Å². The minimum atomic E-state index is 0.506. The van der Waals surface area contributed by atoms with Gasteiger partial charge < -0.3 is 4.74 Å². The van der Waals surface area contributed by atoms with Gasteiger partial charge in [0.2, 0.25) is 5.88 Å². The molecular formula is C9H15NO. The molecule has 0 saturated carbocycles. The zero-order chi connectivity index (χ0) is 8.43. The number of hydrogen-bond donors (Lipinski definition) is 0. The van der Waals surface area contributed by atoms with Gasteiger partial charge in [-0.1, -0.05) is 13.8 Å². The molecule has 0 unspecified atom stereocenters. The predicted octanol–water partition coefficient (Wildman–Crippen LogP) is 2.37. The van der Waals surface area contributed by atoms with Crippen molar-refractivity contribution in [3.63, 3.8) is 0 Å². The Labute approximate surface area is 68.0 Å². The number of nitrogens with zero attached hydrogens (tertiary/aromatic N) is 1. The number of allylic oxidation sites excluding steroid dienone is 1. The second kappa shape index (κ2) is 3.07. The van der Waals surface area contributed by atoms with Gasteiger partial charge in [-0.3, -0.25) is 0 Å². The molecule has 0 amide bonds. The van der Waals surface area contributed by atoms with E-state index in [2.05, 4.69) is 18.8 Å². The number of aliphatic imine (C=N–C) groups is 1. The Balaban J connectivity index is 2.77. The van der Waals surface area contributed by atoms with Crippen LogP contribution in [0.25, 0.3) is 0 Å². The highest BCUT2D eigenvalue weighted by Gasteiger charge is 2.15. The molecule has 11 heavy (non-hydrogen) atoms. The van der Waals surface area contributed by atoms with Crippen LogP contribution in [0.3, 0.4) is 0 Å². The number of ether oxygens (including phenoxy) is 1. The SMILES string of the molecule is CC(C)=C1N=C(C(C)C)CO1. The Bertz CT molecular complexity index is 210. The standard InChI is InChI=1S/C9H15NO/c1-6(2)8-5-11-9(10-8)7(3)4/h6H,5H2,1-4H3. The highest BCUT2D eigenvalue weighted by molar-refractivity contribution is 5.89. The maximum Gasteiger partial charge on any atom is 0.212 e. The Morgan fingerprint density at radius 3 is 2.36 bits per heavy atom. The van der Waals surface area contributed by atoms with Crippen LogP contribution in [0.5, 0.6) is 0 Å². The fraction of sp³-hybridized carbons (Fsp3) is 0.667. The smallest absolute Gasteiger partial charge is 0.212 e. The van der Waals surface area contributed by atoms with Crippen LogP contribution < -0.4 is 0 Å². The zero-order valence-electron chi connectivity index (χ0n) is 7.64. The summed E-state index contributed by atoms with van der Waals surface area (Å²) in [5.41, 5.74) is 2.31. The molecular weight excluding hydrogens is 138 g/mol. The van der Waals surface area contributed by atoms with Crippen molar-refractivity contribution in [2.24, 2.45) is 10.9 Å². The first-order chi connectivity index (χ1) is 5.11. The largest absolute Gasteiger partial charge is 0.472 e. The van der Waals surface area contributed by atoms with Gasteiger partial charge >= 0.3 is 0 Å². The van der Waals surface area contributed by atoms with Crippen LogP contribution in [-0.2, 0) is 4.74 Å². The highest BCUT2D eigenvalue weighted by atomic mass is 16.5. The average Bonchev–Trinajstić information content (AvgIpc) is 2.33. The van der Waals surface area contributed by atoms with E-state index in [0.29, 0.717) is 12.5 Å². The lowest BCUT2D eigenvalue weighted by Crippen LogP contribution is -2.08. The summed E-state index contributed by atoms with van der Waals surface area (Å²) < 4.78 is 5.36. The molecule has 0 aliphatic carbocycles. The van der Waals surface area contributed by atoms with E-state index in [0.717, 1.165) is 17.2 Å². The molecule has 62 valence electrons. The van der Waals surface area contributed by atoms with Crippen molar-refractivity contribution in [3.05, 3.63) is 11.5 Å². The van der Waals surface area contributed by atoms with Crippen LogP contribution in [0, 0.1) is 5.92 Å². The van der Waals surface area contributed by atoms with Crippen LogP contribution in [-0.4, -0.2) is 12.3 Å². The molecule has 2 nitrogen and oxygen atoms in total. The van der Waals surface area contributed by atoms with E-state index in [1.807, 2.05) is 13.8 Å². The Hall–Kier alpha value is -0.790. The second-order valence-electron chi connectivity index (χ2n) is 3.35. The van der Waals surface area contributed by atoms with E-state index in [1.54, 1.807) is 0 Å². The lowest BCUT2D eigenvalue weighted by Gasteiger charge is -1.99. The fourth-order valence-corrected chi connectivity index (χ4v) is 0.889. The monoisotopic (exact) mass is 153 g/mol. The summed E-state index contributed by atoms with van der Waals surface area (Å²) in [5, 5.41) is 0. The van der Waals surface area contributed by atoms with Gasteiger partial charge in [-0.05, 0) is 25.3 Å². The normalized spacial score (nSPS) is 16.8. The molecule has 0 bridgehead atoms. The zero-order valence-corrected chi connectivity index (χ0v) is 7.64. The van der Waals surface area contributed by atoms with E-state index in [9.17, 15) is 0 Å². The number of rotatable bonds is 1. The summed E-state index contributed by atoms with van der Waals surface area (Å²) in [6.45, 7) is 8.98. The maximum absolute atomic E-state index is 5.36. The summed E-state index contributed by atoms with van der Waals surface area (Å²) in [4.78, 5) is 4.36. The van der Waals surface area contributed by atoms with Crippen molar-refractivity contribution in [1.82, 2.24) is 0 Å². The van der Waals surface area contributed by atoms with E-state index < -0.39 is 0 Å². The average molecular weight is 153 g/mol. The molecule has 2 heteroatoms. The topological polar surface area (TPSA) is 21.6 Å². The molecule has 1 rings (SSSR count). The van der Waals surface area contributed by atoms with Gasteiger partial charge in [0, 0.05) is 0 Å². The summed E-state index contributed by atoms with van der Waals surface area (Å²) in [6, 6.07) is 0. The molecule has 0 N–H and O–H groups in total. The minimum Gasteiger partial charge on any atom is -0.472 e. The minimum absolute atomic E-state index is 0.506. The molecule has 0 spiro atoms. The van der Waals surface area contributed by atoms with Gasteiger partial charge in [0.15, 0.2) is 0 Å². The van der Waals surface area contributed by atoms with E-state index in [1.165, 1.54) is 0 Å². The summed E-state index contributed by atoms with van der Waals surface area (Å²) in [6.07, 6.45) is 0. The maximum atomic E-state index is 5.36. The quantitative estimate of drug-likeness (QED) is 0.566. The molecule has 0 fully saturated rings. The van der Waals surface area contributed by atoms with Gasteiger partial charge in [0.1, 0.15) is 6.61 Å². The van der Waals surface area contributed by atoms with Crippen LogP contribution in [0.1, 0.15) is 27.7 Å². The van der Waals surface area contributed by atoms with Crippen LogP contribution in [0.2, 0.25) is 0 Å². The fourth-order valence-electron chi connectivity index (χ4n) is 0.889. The molecule has 0 radical (unpaired) electrons. The predicted molar refractivity (Wildman–Crippen MR) is 46.6 cm³/mol. The lowest BCUT2D eigenvalue weighted by molar-refractivity contribution is 0.270.